The lowest BCUT2D eigenvalue weighted by molar-refractivity contribution is 0.103. The van der Waals surface area contributed by atoms with Crippen LogP contribution in [0.4, 0.5) is 0 Å². The maximum atomic E-state index is 9.28. The Morgan fingerprint density at radius 1 is 1.40 bits per heavy atom. The second-order valence-electron chi connectivity index (χ2n) is 3.16. The van der Waals surface area contributed by atoms with Crippen LogP contribution in [0.25, 0.3) is 0 Å². The monoisotopic (exact) mass is 144 g/mol. The predicted molar refractivity (Wildman–Crippen MR) is 29.4 cm³/mol. The number of fused-ring (bicyclic) bond motifs is 3. The summed E-state index contributed by atoms with van der Waals surface area (Å²) in [5.41, 5.74) is -0.510. The number of aliphatic hydroxyl groups excluding tert-OH is 2. The summed E-state index contributed by atoms with van der Waals surface area (Å²) < 4.78 is 10.2. The molecule has 0 amide bonds. The largest absolute Gasteiger partial charge is 0.393 e. The van der Waals surface area contributed by atoms with Crippen molar-refractivity contribution in [2.45, 2.75) is 30.0 Å². The van der Waals surface area contributed by atoms with Crippen molar-refractivity contribution in [2.24, 2.45) is 0 Å². The molecule has 2 N–H and O–H groups in total. The first-order chi connectivity index (χ1) is 4.79. The molecule has 3 fully saturated rings. The molecule has 10 heavy (non-hydrogen) atoms. The number of aliphatic hydroxyl groups is 2. The van der Waals surface area contributed by atoms with E-state index in [1.165, 1.54) is 0 Å². The van der Waals surface area contributed by atoms with E-state index in [1.807, 2.05) is 0 Å². The van der Waals surface area contributed by atoms with Crippen LogP contribution in [0.3, 0.4) is 0 Å². The summed E-state index contributed by atoms with van der Waals surface area (Å²) in [5, 5.41) is 18.2. The predicted octanol–water partition coefficient (Wildman–Crippen LogP) is -1.74. The van der Waals surface area contributed by atoms with Gasteiger partial charge in [0.25, 0.3) is 0 Å². The second-order valence-corrected chi connectivity index (χ2v) is 3.16. The van der Waals surface area contributed by atoms with Crippen molar-refractivity contribution in [3.63, 3.8) is 0 Å². The third kappa shape index (κ3) is 0.362. The summed E-state index contributed by atoms with van der Waals surface area (Å²) in [6.07, 6.45) is -0.734. The number of epoxide rings is 2. The van der Waals surface area contributed by atoms with E-state index in [-0.39, 0.29) is 24.9 Å². The van der Waals surface area contributed by atoms with Crippen molar-refractivity contribution < 1.29 is 19.7 Å². The molecule has 0 radical (unpaired) electrons. The zero-order valence-corrected chi connectivity index (χ0v) is 5.23. The van der Waals surface area contributed by atoms with Crippen LogP contribution in [0.1, 0.15) is 0 Å². The Labute approximate surface area is 57.4 Å². The summed E-state index contributed by atoms with van der Waals surface area (Å²) >= 11 is 0. The summed E-state index contributed by atoms with van der Waals surface area (Å²) in [7, 11) is 0. The van der Waals surface area contributed by atoms with E-state index in [2.05, 4.69) is 0 Å². The van der Waals surface area contributed by atoms with Crippen molar-refractivity contribution in [3.8, 4) is 0 Å². The van der Waals surface area contributed by atoms with E-state index >= 15 is 0 Å². The number of rotatable bonds is 1. The summed E-state index contributed by atoms with van der Waals surface area (Å²) in [4.78, 5) is 0. The molecule has 0 aromatic heterocycles. The molecule has 4 heteroatoms. The normalized spacial score (nSPS) is 69.0. The third-order valence-corrected chi connectivity index (χ3v) is 2.67. The Hall–Kier alpha value is -0.160. The van der Waals surface area contributed by atoms with Gasteiger partial charge >= 0.3 is 0 Å². The number of hydrogen-bond donors (Lipinski definition) is 2. The second kappa shape index (κ2) is 1.25. The van der Waals surface area contributed by atoms with Gasteiger partial charge < -0.3 is 19.7 Å². The van der Waals surface area contributed by atoms with Crippen LogP contribution in [0.15, 0.2) is 0 Å². The molecule has 0 aromatic rings. The molecule has 56 valence electrons. The summed E-state index contributed by atoms with van der Waals surface area (Å²) in [5.74, 6) is 0. The fraction of sp³-hybridized carbons (Fsp3) is 1.00. The van der Waals surface area contributed by atoms with Gasteiger partial charge in [0, 0.05) is 0 Å². The highest BCUT2D eigenvalue weighted by molar-refractivity contribution is 5.28. The molecule has 3 aliphatic rings. The Kier molecular flexibility index (Phi) is 0.686. The lowest BCUT2D eigenvalue weighted by Gasteiger charge is -2.00. The van der Waals surface area contributed by atoms with Gasteiger partial charge in [-0.1, -0.05) is 0 Å². The average molecular weight is 144 g/mol. The van der Waals surface area contributed by atoms with E-state index in [9.17, 15) is 5.11 Å². The molecular formula is C6H8O4. The highest BCUT2D eigenvalue weighted by atomic mass is 16.7. The summed E-state index contributed by atoms with van der Waals surface area (Å²) in [6.45, 7) is -0.0319. The van der Waals surface area contributed by atoms with Crippen LogP contribution in [-0.4, -0.2) is 46.8 Å². The smallest absolute Gasteiger partial charge is 0.149 e. The van der Waals surface area contributed by atoms with Gasteiger partial charge in [0.2, 0.25) is 0 Å². The molecular weight excluding hydrogens is 136 g/mol. The van der Waals surface area contributed by atoms with Gasteiger partial charge in [0.05, 0.1) is 6.61 Å². The van der Waals surface area contributed by atoms with Crippen molar-refractivity contribution in [1.29, 1.82) is 0 Å². The molecule has 2 saturated heterocycles. The quantitative estimate of drug-likeness (QED) is 0.429. The minimum atomic E-state index is -0.510. The van der Waals surface area contributed by atoms with E-state index in [1.54, 1.807) is 0 Å². The van der Waals surface area contributed by atoms with Crippen molar-refractivity contribution >= 4 is 0 Å². The zero-order chi connectivity index (χ0) is 6.93. The number of hydrogen-bond acceptors (Lipinski definition) is 4. The van der Waals surface area contributed by atoms with E-state index in [4.69, 9.17) is 14.6 Å². The molecule has 4 unspecified atom stereocenters. The van der Waals surface area contributed by atoms with Gasteiger partial charge in [-0.05, 0) is 0 Å². The van der Waals surface area contributed by atoms with Crippen molar-refractivity contribution in [2.75, 3.05) is 6.61 Å². The molecule has 5 atom stereocenters. The first kappa shape index (κ1) is 5.49. The summed E-state index contributed by atoms with van der Waals surface area (Å²) in [6, 6.07) is 0. The average Bonchev–Trinajstić information content (AvgIpc) is 2.80. The highest BCUT2D eigenvalue weighted by Gasteiger charge is 2.81. The van der Waals surface area contributed by atoms with E-state index < -0.39 is 11.7 Å². The van der Waals surface area contributed by atoms with Crippen LogP contribution >= 0.6 is 0 Å². The van der Waals surface area contributed by atoms with Gasteiger partial charge in [-0.2, -0.15) is 0 Å². The molecule has 3 rings (SSSR count). The van der Waals surface area contributed by atoms with Gasteiger partial charge in [-0.15, -0.1) is 0 Å². The zero-order valence-electron chi connectivity index (χ0n) is 5.23. The van der Waals surface area contributed by atoms with Gasteiger partial charge in [0.15, 0.2) is 0 Å². The minimum Gasteiger partial charge on any atom is -0.393 e. The number of ether oxygens (including phenoxy) is 2. The molecule has 4 nitrogen and oxygen atoms in total. The van der Waals surface area contributed by atoms with Gasteiger partial charge in [-0.3, -0.25) is 0 Å². The Morgan fingerprint density at radius 2 is 2.20 bits per heavy atom. The Balaban J connectivity index is 1.94. The van der Waals surface area contributed by atoms with Gasteiger partial charge in [-0.25, -0.2) is 0 Å². The van der Waals surface area contributed by atoms with Crippen molar-refractivity contribution in [3.05, 3.63) is 0 Å². The van der Waals surface area contributed by atoms with Gasteiger partial charge in [0.1, 0.15) is 30.0 Å². The van der Waals surface area contributed by atoms with Crippen LogP contribution in [-0.2, 0) is 9.47 Å². The lowest BCUT2D eigenvalue weighted by Crippen LogP contribution is -2.25. The third-order valence-electron chi connectivity index (χ3n) is 2.67. The molecule has 2 aliphatic heterocycles. The molecule has 0 aromatic carbocycles. The van der Waals surface area contributed by atoms with Crippen molar-refractivity contribution in [1.82, 2.24) is 0 Å². The molecule has 0 bridgehead atoms. The Morgan fingerprint density at radius 3 is 2.60 bits per heavy atom. The van der Waals surface area contributed by atoms with Crippen LogP contribution in [0.5, 0.6) is 0 Å². The first-order valence-corrected chi connectivity index (χ1v) is 3.42. The fourth-order valence-electron chi connectivity index (χ4n) is 1.96. The highest BCUT2D eigenvalue weighted by Crippen LogP contribution is 2.59. The van der Waals surface area contributed by atoms with Crippen LogP contribution in [0.2, 0.25) is 0 Å². The van der Waals surface area contributed by atoms with E-state index in [0.717, 1.165) is 0 Å². The molecule has 0 spiro atoms. The first-order valence-electron chi connectivity index (χ1n) is 3.42. The SMILES string of the molecule is OC[C@@]12OC1C(O)C1OC12. The van der Waals surface area contributed by atoms with E-state index in [0.29, 0.717) is 0 Å². The molecule has 2 heterocycles. The standard InChI is InChI=1S/C6H8O4/c7-1-6-4(10-6)2(8)3-5(6)9-3/h2-5,7-8H,1H2/t2?,3?,4?,5?,6-/m1/s1. The minimum absolute atomic E-state index is 0.0301. The lowest BCUT2D eigenvalue weighted by atomic mass is 10.1. The topological polar surface area (TPSA) is 65.5 Å². The van der Waals surface area contributed by atoms with Crippen LogP contribution < -0.4 is 0 Å². The molecule has 1 saturated carbocycles. The Bertz CT molecular complexity index is 190. The maximum absolute atomic E-state index is 9.28. The van der Waals surface area contributed by atoms with Crippen LogP contribution in [0, 0.1) is 0 Å². The fourth-order valence-corrected chi connectivity index (χ4v) is 1.96. The maximum Gasteiger partial charge on any atom is 0.149 e. The molecule has 1 aliphatic carbocycles.